The molecular weight excluding hydrogens is 217 g/mol. The van der Waals surface area contributed by atoms with E-state index in [1.165, 1.54) is 17.0 Å². The molecule has 78 valence electrons. The van der Waals surface area contributed by atoms with E-state index in [0.29, 0.717) is 5.02 Å². The van der Waals surface area contributed by atoms with E-state index in [2.05, 4.69) is 12.0 Å². The molecule has 0 bridgehead atoms. The van der Waals surface area contributed by atoms with Gasteiger partial charge in [-0.1, -0.05) is 11.6 Å². The van der Waals surface area contributed by atoms with Crippen LogP contribution in [0, 0.1) is 17.8 Å². The Labute approximate surface area is 92.6 Å². The van der Waals surface area contributed by atoms with Crippen molar-refractivity contribution in [3.63, 3.8) is 0 Å². The molecule has 0 aliphatic heterocycles. The number of benzene rings is 1. The average Bonchev–Trinajstić information content (AvgIpc) is 2.18. The first kappa shape index (κ1) is 11.5. The summed E-state index contributed by atoms with van der Waals surface area (Å²) in [6.07, 6.45) is 0. The van der Waals surface area contributed by atoms with Crippen LogP contribution in [-0.2, 0) is 0 Å². The summed E-state index contributed by atoms with van der Waals surface area (Å²) >= 11 is 5.65. The van der Waals surface area contributed by atoms with Gasteiger partial charge in [-0.25, -0.2) is 4.39 Å². The third-order valence-electron chi connectivity index (χ3n) is 1.57. The Morgan fingerprint density at radius 3 is 2.73 bits per heavy atom. The van der Waals surface area contributed by atoms with Crippen LogP contribution in [0.1, 0.15) is 10.4 Å². The number of halogens is 2. The van der Waals surface area contributed by atoms with E-state index in [1.807, 2.05) is 0 Å². The van der Waals surface area contributed by atoms with Crippen molar-refractivity contribution in [3.05, 3.63) is 34.6 Å². The summed E-state index contributed by atoms with van der Waals surface area (Å²) < 4.78 is 13.2. The molecule has 1 aromatic carbocycles. The van der Waals surface area contributed by atoms with Crippen LogP contribution < -0.4 is 0 Å². The molecule has 0 heterocycles. The van der Waals surface area contributed by atoms with Crippen LogP contribution in [0.5, 0.6) is 0 Å². The first-order valence-electron chi connectivity index (χ1n) is 4.19. The summed E-state index contributed by atoms with van der Waals surface area (Å²) in [5.74, 6) is 1.11. The van der Waals surface area contributed by atoms with Crippen molar-refractivity contribution in [2.45, 2.75) is 0 Å². The Morgan fingerprint density at radius 1 is 1.47 bits per heavy atom. The fourth-order valence-corrected chi connectivity index (χ4v) is 1.07. The Morgan fingerprint density at radius 2 is 2.13 bits per heavy atom. The smallest absolute Gasteiger partial charge is 0.240 e. The molecule has 1 rings (SSSR count). The number of rotatable bonds is 1. The van der Waals surface area contributed by atoms with Crippen molar-refractivity contribution in [3.8, 4) is 12.0 Å². The highest BCUT2D eigenvalue weighted by Crippen LogP contribution is 2.14. The molecule has 0 atom stereocenters. The highest BCUT2D eigenvalue weighted by atomic mass is 35.5. The van der Waals surface area contributed by atoms with Gasteiger partial charge in [-0.15, -0.1) is 0 Å². The molecule has 0 saturated carbocycles. The topological polar surface area (TPSA) is 20.3 Å². The summed E-state index contributed by atoms with van der Waals surface area (Å²) in [4.78, 5) is 12.9. The van der Waals surface area contributed by atoms with Crippen LogP contribution in [-0.4, -0.2) is 24.8 Å². The van der Waals surface area contributed by atoms with Gasteiger partial charge in [0.05, 0.1) is 5.56 Å². The van der Waals surface area contributed by atoms with Gasteiger partial charge < -0.3 is 4.90 Å². The maximum Gasteiger partial charge on any atom is 0.240 e. The highest BCUT2D eigenvalue weighted by Gasteiger charge is 2.09. The number of carbonyl (C=O) groups is 1. The van der Waals surface area contributed by atoms with E-state index in [-0.39, 0.29) is 5.56 Å². The molecule has 0 saturated heterocycles. The standard InChI is InChI=1S/C11H9ClFNO/c1-14(2)6-5-11(15)9-7-8(12)3-4-10(9)13/h3-4,7H,1-2H3. The van der Waals surface area contributed by atoms with Crippen LogP contribution >= 0.6 is 11.6 Å². The molecule has 0 aromatic heterocycles. The van der Waals surface area contributed by atoms with Gasteiger partial charge in [-0.05, 0) is 18.2 Å². The molecule has 0 amide bonds. The predicted molar refractivity (Wildman–Crippen MR) is 57.2 cm³/mol. The minimum atomic E-state index is -0.613. The normalized spacial score (nSPS) is 9.07. The first-order chi connectivity index (χ1) is 7.00. The van der Waals surface area contributed by atoms with Crippen LogP contribution in [0.4, 0.5) is 4.39 Å². The zero-order valence-corrected chi connectivity index (χ0v) is 9.10. The molecule has 1 aromatic rings. The summed E-state index contributed by atoms with van der Waals surface area (Å²) in [5.41, 5.74) is -0.100. The monoisotopic (exact) mass is 225 g/mol. The maximum absolute atomic E-state index is 13.2. The van der Waals surface area contributed by atoms with E-state index >= 15 is 0 Å². The second-order valence-electron chi connectivity index (χ2n) is 3.08. The van der Waals surface area contributed by atoms with E-state index in [4.69, 9.17) is 11.6 Å². The Kier molecular flexibility index (Phi) is 3.70. The third-order valence-corrected chi connectivity index (χ3v) is 1.80. The Hall–Kier alpha value is -1.53. The first-order valence-corrected chi connectivity index (χ1v) is 4.57. The van der Waals surface area contributed by atoms with Gasteiger partial charge in [0.1, 0.15) is 5.82 Å². The molecule has 0 spiro atoms. The van der Waals surface area contributed by atoms with E-state index in [0.717, 1.165) is 6.07 Å². The Balaban J connectivity index is 3.03. The van der Waals surface area contributed by atoms with Gasteiger partial charge >= 0.3 is 0 Å². The molecule has 4 heteroatoms. The van der Waals surface area contributed by atoms with Crippen LogP contribution in [0.3, 0.4) is 0 Å². The van der Waals surface area contributed by atoms with Gasteiger partial charge in [0.25, 0.3) is 0 Å². The fourth-order valence-electron chi connectivity index (χ4n) is 0.901. The van der Waals surface area contributed by atoms with Gasteiger partial charge in [-0.2, -0.15) is 0 Å². The number of carbonyl (C=O) groups excluding carboxylic acids is 1. The summed E-state index contributed by atoms with van der Waals surface area (Å²) in [6, 6.07) is 6.31. The second-order valence-corrected chi connectivity index (χ2v) is 3.52. The SMILES string of the molecule is CN(C)C#CC(=O)c1cc(Cl)ccc1F. The van der Waals surface area contributed by atoms with Crippen LogP contribution in [0.25, 0.3) is 0 Å². The molecular formula is C11H9ClFNO. The van der Waals surface area contributed by atoms with E-state index in [9.17, 15) is 9.18 Å². The number of hydrogen-bond donors (Lipinski definition) is 0. The Bertz CT molecular complexity index is 446. The quantitative estimate of drug-likeness (QED) is 0.415. The predicted octanol–water partition coefficient (Wildman–Crippen LogP) is 2.18. The fraction of sp³-hybridized carbons (Fsp3) is 0.182. The lowest BCUT2D eigenvalue weighted by molar-refractivity contribution is 0.105. The molecule has 0 radical (unpaired) electrons. The van der Waals surface area contributed by atoms with E-state index < -0.39 is 11.6 Å². The van der Waals surface area contributed by atoms with Crippen molar-refractivity contribution < 1.29 is 9.18 Å². The molecule has 0 N–H and O–H groups in total. The maximum atomic E-state index is 13.2. The van der Waals surface area contributed by atoms with Gasteiger partial charge in [0.2, 0.25) is 5.78 Å². The molecule has 0 unspecified atom stereocenters. The summed E-state index contributed by atoms with van der Waals surface area (Å²) in [7, 11) is 3.38. The lowest BCUT2D eigenvalue weighted by Gasteiger charge is -1.99. The van der Waals surface area contributed by atoms with Crippen molar-refractivity contribution in [1.29, 1.82) is 0 Å². The lowest BCUT2D eigenvalue weighted by atomic mass is 10.1. The number of Topliss-reactive ketones (excluding diaryl/α,β-unsaturated/α-hetero) is 1. The summed E-state index contributed by atoms with van der Waals surface area (Å²) in [5, 5.41) is 0.311. The van der Waals surface area contributed by atoms with Crippen molar-refractivity contribution in [1.82, 2.24) is 4.90 Å². The zero-order valence-electron chi connectivity index (χ0n) is 8.34. The lowest BCUT2D eigenvalue weighted by Crippen LogP contribution is -2.04. The minimum absolute atomic E-state index is 0.100. The second kappa shape index (κ2) is 4.81. The molecule has 15 heavy (non-hydrogen) atoms. The van der Waals surface area contributed by atoms with Crippen molar-refractivity contribution >= 4 is 17.4 Å². The number of ketones is 1. The van der Waals surface area contributed by atoms with Crippen molar-refractivity contribution in [2.75, 3.05) is 14.1 Å². The number of hydrogen-bond acceptors (Lipinski definition) is 2. The molecule has 0 fully saturated rings. The number of nitrogens with zero attached hydrogens (tertiary/aromatic N) is 1. The average molecular weight is 226 g/mol. The minimum Gasteiger partial charge on any atom is -0.338 e. The van der Waals surface area contributed by atoms with Crippen LogP contribution in [0.15, 0.2) is 18.2 Å². The van der Waals surface area contributed by atoms with Gasteiger partial charge in [0.15, 0.2) is 0 Å². The molecule has 0 aliphatic rings. The van der Waals surface area contributed by atoms with Crippen molar-refractivity contribution in [2.24, 2.45) is 0 Å². The van der Waals surface area contributed by atoms with E-state index in [1.54, 1.807) is 14.1 Å². The van der Waals surface area contributed by atoms with Crippen LogP contribution in [0.2, 0.25) is 5.02 Å². The largest absolute Gasteiger partial charge is 0.338 e. The molecule has 2 nitrogen and oxygen atoms in total. The summed E-state index contributed by atoms with van der Waals surface area (Å²) in [6.45, 7) is 0. The molecule has 0 aliphatic carbocycles. The van der Waals surface area contributed by atoms with Gasteiger partial charge in [0, 0.05) is 31.1 Å². The highest BCUT2D eigenvalue weighted by molar-refractivity contribution is 6.31. The van der Waals surface area contributed by atoms with Gasteiger partial charge in [-0.3, -0.25) is 4.79 Å². The third kappa shape index (κ3) is 3.26. The zero-order chi connectivity index (χ0) is 11.4.